The zero-order valence-corrected chi connectivity index (χ0v) is 31.4. The van der Waals surface area contributed by atoms with Crippen LogP contribution in [0.1, 0.15) is 94.9 Å². The molecule has 0 N–H and O–H groups in total. The van der Waals surface area contributed by atoms with Crippen LogP contribution in [0.3, 0.4) is 0 Å². The summed E-state index contributed by atoms with van der Waals surface area (Å²) in [4.78, 5) is 0. The van der Waals surface area contributed by atoms with E-state index in [-0.39, 0.29) is 0 Å². The van der Waals surface area contributed by atoms with E-state index in [1.165, 1.54) is 25.7 Å². The number of unbranched alkanes of at least 4 members (excludes halogenated alkanes) is 1. The van der Waals surface area contributed by atoms with Gasteiger partial charge in [0.15, 0.2) is 0 Å². The summed E-state index contributed by atoms with van der Waals surface area (Å²) in [6.07, 6.45) is 15.1. The molecule has 200 valence electrons. The van der Waals surface area contributed by atoms with Crippen molar-refractivity contribution >= 4 is 16.5 Å². The maximum absolute atomic E-state index is 2.85. The topological polar surface area (TPSA) is 6.48 Å². The molecule has 0 unspecified atom stereocenters. The maximum Gasteiger partial charge on any atom is -0.0564 e. The molecule has 0 amide bonds. The van der Waals surface area contributed by atoms with Crippen LogP contribution >= 0.6 is 0 Å². The smallest absolute Gasteiger partial charge is 0.0564 e. The Morgan fingerprint density at radius 1 is 0.629 bits per heavy atom. The Bertz CT molecular complexity index is 719. The van der Waals surface area contributed by atoms with Crippen molar-refractivity contribution < 1.29 is 22.9 Å². The Kier molecular flexibility index (Phi) is 13.6. The molecule has 0 atom stereocenters. The third-order valence-electron chi connectivity index (χ3n) is 7.50. The molecule has 0 heterocycles. The molecule has 0 saturated carbocycles. The van der Waals surface area contributed by atoms with E-state index in [2.05, 4.69) is 129 Å². The number of hydrogen-bond donors (Lipinski definition) is 0. The van der Waals surface area contributed by atoms with Crippen LogP contribution in [-0.2, 0) is 22.9 Å². The van der Waals surface area contributed by atoms with Crippen molar-refractivity contribution in [3.8, 4) is 0 Å². The van der Waals surface area contributed by atoms with Gasteiger partial charge in [0.25, 0.3) is 0 Å². The predicted octanol–water partition coefficient (Wildman–Crippen LogP) is 9.03. The van der Waals surface area contributed by atoms with Gasteiger partial charge in [-0.2, -0.15) is 0 Å². The second-order valence-electron chi connectivity index (χ2n) is 12.4. The van der Waals surface area contributed by atoms with Crippen molar-refractivity contribution in [3.05, 3.63) is 41.4 Å². The molecule has 0 radical (unpaired) electrons. The van der Waals surface area contributed by atoms with Crippen LogP contribution in [0.15, 0.2) is 41.4 Å². The van der Waals surface area contributed by atoms with Crippen molar-refractivity contribution in [3.63, 3.8) is 0 Å². The fourth-order valence-electron chi connectivity index (χ4n) is 6.63. The first kappa shape index (κ1) is 33.2. The molecule has 0 aromatic rings. The minimum atomic E-state index is -1.65. The molecule has 0 bridgehead atoms. The standard InChI is InChI=1S/2C13H24NSi.C4H10.Hf/c2*1-11(2)14(12(3)4)15(5,6)13-9-7-8-10-13;1-3-4-2;/h2*7,9,11-12H,8H2,1-6H3;3-4H2,1-2H3;. The van der Waals surface area contributed by atoms with Gasteiger partial charge in [-0.25, -0.2) is 0 Å². The normalized spacial score (nSPS) is 16.8. The first-order valence-electron chi connectivity index (χ1n) is 14.3. The van der Waals surface area contributed by atoms with Gasteiger partial charge in [0, 0.05) is 0 Å². The molecule has 0 aliphatic heterocycles. The third kappa shape index (κ3) is 8.33. The van der Waals surface area contributed by atoms with Crippen LogP contribution in [0.5, 0.6) is 0 Å². The Hall–Kier alpha value is 0.184. The van der Waals surface area contributed by atoms with E-state index in [0.29, 0.717) is 24.2 Å². The van der Waals surface area contributed by atoms with Crippen molar-refractivity contribution in [1.82, 2.24) is 9.13 Å². The van der Waals surface area contributed by atoms with Gasteiger partial charge in [-0.1, -0.05) is 26.7 Å². The largest absolute Gasteiger partial charge is 0.0654 e. The van der Waals surface area contributed by atoms with E-state index >= 15 is 0 Å². The fourth-order valence-corrected chi connectivity index (χ4v) is 27.2. The van der Waals surface area contributed by atoms with Gasteiger partial charge in [0.2, 0.25) is 0 Å². The van der Waals surface area contributed by atoms with Gasteiger partial charge in [-0.15, -0.1) is 0 Å². The zero-order valence-electron chi connectivity index (χ0n) is 25.8. The summed E-state index contributed by atoms with van der Waals surface area (Å²) in [5.74, 6) is 0. The molecule has 35 heavy (non-hydrogen) atoms. The first-order valence-corrected chi connectivity index (χ1v) is 23.8. The minimum absolute atomic E-state index is 0.609. The second kappa shape index (κ2) is 14.4. The molecule has 2 aliphatic rings. The molecule has 5 heteroatoms. The van der Waals surface area contributed by atoms with Crippen molar-refractivity contribution in [1.29, 1.82) is 0 Å². The van der Waals surface area contributed by atoms with Gasteiger partial charge in [0.1, 0.15) is 0 Å². The first-order chi connectivity index (χ1) is 16.1. The summed E-state index contributed by atoms with van der Waals surface area (Å²) in [6.45, 7) is 33.8. The molecule has 0 spiro atoms. The van der Waals surface area contributed by atoms with Gasteiger partial charge >= 0.3 is 208 Å². The van der Waals surface area contributed by atoms with Crippen LogP contribution in [0, 0.1) is 0 Å². The summed E-state index contributed by atoms with van der Waals surface area (Å²) in [7, 11) is -3.31. The van der Waals surface area contributed by atoms with Crippen LogP contribution < -0.4 is 0 Å². The summed E-state index contributed by atoms with van der Waals surface area (Å²) in [6, 6.07) is 2.44. The Balaban J connectivity index is 0.00000142. The van der Waals surface area contributed by atoms with E-state index in [4.69, 9.17) is 0 Å². The van der Waals surface area contributed by atoms with E-state index < -0.39 is 39.4 Å². The van der Waals surface area contributed by atoms with Crippen molar-refractivity contribution in [2.45, 2.75) is 145 Å². The van der Waals surface area contributed by atoms with Gasteiger partial charge < -0.3 is 0 Å². The Morgan fingerprint density at radius 2 is 0.914 bits per heavy atom. The zero-order chi connectivity index (χ0) is 27.1. The quantitative estimate of drug-likeness (QED) is 0.201. The third-order valence-corrected chi connectivity index (χ3v) is 23.1. The number of rotatable bonds is 11. The fraction of sp³-hybridized carbons (Fsp3) is 0.733. The maximum atomic E-state index is 2.85. The SMILES string of the molecule is CC(C)N(C(C)C)[Si](C)(C)C1=[C]([Hf][C]2=C([Si](C)(C)N(C(C)C)C(C)C)C=CC2)CC=C1.CCCC. The molecular formula is C30H58HfN2Si2. The molecule has 0 fully saturated rings. The molecule has 0 aromatic carbocycles. The molecule has 0 aromatic heterocycles. The van der Waals surface area contributed by atoms with Gasteiger partial charge in [-0.05, 0) is 0 Å². The van der Waals surface area contributed by atoms with Gasteiger partial charge in [-0.3, -0.25) is 0 Å². The molecule has 0 saturated heterocycles. The summed E-state index contributed by atoms with van der Waals surface area (Å²) >= 11 is -1.03. The summed E-state index contributed by atoms with van der Waals surface area (Å²) in [5.41, 5.74) is 0. The second-order valence-corrected chi connectivity index (χ2v) is 26.0. The van der Waals surface area contributed by atoms with Crippen molar-refractivity contribution in [2.75, 3.05) is 0 Å². The molecule has 2 nitrogen and oxygen atoms in total. The van der Waals surface area contributed by atoms with Crippen LogP contribution in [0.25, 0.3) is 0 Å². The van der Waals surface area contributed by atoms with Crippen LogP contribution in [0.2, 0.25) is 26.2 Å². The van der Waals surface area contributed by atoms with E-state index in [0.717, 1.165) is 0 Å². The molecule has 2 aliphatic carbocycles. The number of hydrogen-bond acceptors (Lipinski definition) is 2. The Morgan fingerprint density at radius 3 is 1.14 bits per heavy atom. The number of nitrogens with zero attached hydrogens (tertiary/aromatic N) is 2. The predicted molar refractivity (Wildman–Crippen MR) is 161 cm³/mol. The van der Waals surface area contributed by atoms with Crippen LogP contribution in [-0.4, -0.2) is 49.8 Å². The van der Waals surface area contributed by atoms with E-state index in [9.17, 15) is 0 Å². The average molecular weight is 681 g/mol. The summed E-state index contributed by atoms with van der Waals surface area (Å²) < 4.78 is 9.48. The monoisotopic (exact) mass is 682 g/mol. The Labute approximate surface area is 233 Å². The molecular weight excluding hydrogens is 623 g/mol. The van der Waals surface area contributed by atoms with E-state index in [1.807, 2.05) is 6.66 Å². The minimum Gasteiger partial charge on any atom is -0.0654 e. The average Bonchev–Trinajstić information content (AvgIpc) is 3.36. The van der Waals surface area contributed by atoms with E-state index in [1.54, 1.807) is 10.4 Å². The van der Waals surface area contributed by atoms with Gasteiger partial charge in [0.05, 0.1) is 0 Å². The summed E-state index contributed by atoms with van der Waals surface area (Å²) in [5, 5.41) is 3.56. The number of allylic oxidation sites excluding steroid dienone is 8. The van der Waals surface area contributed by atoms with Crippen LogP contribution in [0.4, 0.5) is 0 Å². The van der Waals surface area contributed by atoms with Crippen molar-refractivity contribution in [2.24, 2.45) is 0 Å². The molecule has 2 rings (SSSR count).